The van der Waals surface area contributed by atoms with Gasteiger partial charge in [0.1, 0.15) is 0 Å². The van der Waals surface area contributed by atoms with Crippen molar-refractivity contribution in [3.8, 4) is 0 Å². The van der Waals surface area contributed by atoms with Crippen LogP contribution in [0.1, 0.15) is 15.9 Å². The summed E-state index contributed by atoms with van der Waals surface area (Å²) >= 11 is 0. The Bertz CT molecular complexity index is 435. The Morgan fingerprint density at radius 2 is 1.94 bits per heavy atom. The number of carbonyl (C=O) groups excluding carboxylic acids is 1. The summed E-state index contributed by atoms with van der Waals surface area (Å²) < 4.78 is 37.3. The van der Waals surface area contributed by atoms with Gasteiger partial charge in [-0.05, 0) is 5.56 Å². The van der Waals surface area contributed by atoms with Crippen LogP contribution in [0.4, 0.5) is 12.9 Å². The van der Waals surface area contributed by atoms with Crippen LogP contribution in [-0.4, -0.2) is 24.8 Å². The van der Waals surface area contributed by atoms with E-state index in [0.717, 1.165) is 12.1 Å². The molecule has 0 saturated carbocycles. The molecule has 0 atom stereocenters. The average Bonchev–Trinajstić information content (AvgIpc) is 2.41. The Labute approximate surface area is 134 Å². The molecule has 0 saturated heterocycles. The zero-order valence-electron chi connectivity index (χ0n) is 9.01. The summed E-state index contributed by atoms with van der Waals surface area (Å²) in [5.41, 5.74) is 0.123. The van der Waals surface area contributed by atoms with Crippen LogP contribution in [0.15, 0.2) is 18.2 Å². The number of carbonyl (C=O) groups is 1. The fourth-order valence-corrected chi connectivity index (χ4v) is 1.67. The van der Waals surface area contributed by atoms with Crippen molar-refractivity contribution < 1.29 is 69.1 Å². The van der Waals surface area contributed by atoms with Gasteiger partial charge in [-0.3, -0.25) is 4.79 Å². The van der Waals surface area contributed by atoms with E-state index in [9.17, 15) is 17.7 Å². The van der Waals surface area contributed by atoms with Crippen LogP contribution in [0.3, 0.4) is 0 Å². The third-order valence-corrected chi connectivity index (χ3v) is 2.50. The molecule has 7 heteroatoms. The number of nitrogens with zero attached hydrogens (tertiary/aromatic N) is 1. The van der Waals surface area contributed by atoms with Gasteiger partial charge < -0.3 is 17.8 Å². The van der Waals surface area contributed by atoms with E-state index in [2.05, 4.69) is 0 Å². The number of benzene rings is 1. The first-order valence-electron chi connectivity index (χ1n) is 4.48. The normalized spacial score (nSPS) is 14.8. The monoisotopic (exact) mass is 253 g/mol. The van der Waals surface area contributed by atoms with Crippen molar-refractivity contribution in [2.75, 3.05) is 7.05 Å². The molecule has 0 bridgehead atoms. The van der Waals surface area contributed by atoms with Crippen LogP contribution in [0, 0.1) is 0 Å². The minimum absolute atomic E-state index is 0. The first kappa shape index (κ1) is 14.2. The molecular formula is C9H8BF3KNO. The number of rotatable bonds is 1. The minimum Gasteiger partial charge on any atom is -0.445 e. The first-order valence-corrected chi connectivity index (χ1v) is 4.48. The summed E-state index contributed by atoms with van der Waals surface area (Å²) in [6, 6.07) is 3.35. The zero-order chi connectivity index (χ0) is 11.2. The summed E-state index contributed by atoms with van der Waals surface area (Å²) in [7, 11) is 1.57. The third kappa shape index (κ3) is 2.53. The summed E-state index contributed by atoms with van der Waals surface area (Å²) in [5.74, 6) is -0.341. The van der Waals surface area contributed by atoms with Crippen molar-refractivity contribution in [1.29, 1.82) is 0 Å². The number of amides is 1. The van der Waals surface area contributed by atoms with E-state index in [1.165, 1.54) is 11.0 Å². The van der Waals surface area contributed by atoms with Gasteiger partial charge >= 0.3 is 58.4 Å². The number of hydrogen-bond donors (Lipinski definition) is 0. The molecule has 2 rings (SSSR count). The molecule has 1 aromatic carbocycles. The molecule has 0 aromatic heterocycles. The Morgan fingerprint density at radius 3 is 2.50 bits per heavy atom. The van der Waals surface area contributed by atoms with Crippen molar-refractivity contribution in [2.24, 2.45) is 0 Å². The maximum atomic E-state index is 12.4. The number of halogens is 3. The SMILES string of the molecule is CN1Cc2ccc([B-](F)(F)F)cc2C1=O.[K+]. The molecule has 0 spiro atoms. The molecule has 1 aliphatic heterocycles. The van der Waals surface area contributed by atoms with Crippen LogP contribution in [0.25, 0.3) is 0 Å². The molecule has 1 heterocycles. The molecule has 0 N–H and O–H groups in total. The van der Waals surface area contributed by atoms with Gasteiger partial charge in [0.15, 0.2) is 0 Å². The fraction of sp³-hybridized carbons (Fsp3) is 0.222. The Hall–Kier alpha value is 0.181. The van der Waals surface area contributed by atoms with Gasteiger partial charge in [-0.25, -0.2) is 0 Å². The van der Waals surface area contributed by atoms with E-state index >= 15 is 0 Å². The second-order valence-electron chi connectivity index (χ2n) is 3.65. The summed E-state index contributed by atoms with van der Waals surface area (Å²) in [4.78, 5) is 12.8. The van der Waals surface area contributed by atoms with Crippen LogP contribution in [0.5, 0.6) is 0 Å². The van der Waals surface area contributed by atoms with Crippen LogP contribution < -0.4 is 56.8 Å². The molecule has 0 fully saturated rings. The molecule has 80 valence electrons. The van der Waals surface area contributed by atoms with Crippen molar-refractivity contribution >= 4 is 18.3 Å². The smallest absolute Gasteiger partial charge is 0.445 e. The quantitative estimate of drug-likeness (QED) is 0.548. The molecule has 0 aliphatic carbocycles. The van der Waals surface area contributed by atoms with Gasteiger partial charge in [-0.1, -0.05) is 18.2 Å². The van der Waals surface area contributed by atoms with Gasteiger partial charge in [0, 0.05) is 19.2 Å². The third-order valence-electron chi connectivity index (χ3n) is 2.50. The molecular weight excluding hydrogens is 245 g/mol. The zero-order valence-corrected chi connectivity index (χ0v) is 12.1. The van der Waals surface area contributed by atoms with Crippen LogP contribution >= 0.6 is 0 Å². The van der Waals surface area contributed by atoms with Crippen molar-refractivity contribution in [3.05, 3.63) is 29.3 Å². The largest absolute Gasteiger partial charge is 1.00 e. The molecule has 0 unspecified atom stereocenters. The molecule has 0 radical (unpaired) electrons. The fourth-order valence-electron chi connectivity index (χ4n) is 1.67. The van der Waals surface area contributed by atoms with E-state index in [1.54, 1.807) is 7.05 Å². The maximum Gasteiger partial charge on any atom is 1.00 e. The Kier molecular flexibility index (Phi) is 4.29. The number of hydrogen-bond acceptors (Lipinski definition) is 1. The van der Waals surface area contributed by atoms with Gasteiger partial charge in [0.2, 0.25) is 0 Å². The molecule has 1 amide bonds. The van der Waals surface area contributed by atoms with E-state index in [0.29, 0.717) is 12.1 Å². The van der Waals surface area contributed by atoms with E-state index in [1.807, 2.05) is 0 Å². The first-order chi connectivity index (χ1) is 6.89. The van der Waals surface area contributed by atoms with Gasteiger partial charge in [-0.2, -0.15) is 0 Å². The van der Waals surface area contributed by atoms with Gasteiger partial charge in [0.25, 0.3) is 5.91 Å². The second kappa shape index (κ2) is 4.81. The molecule has 2 nitrogen and oxygen atoms in total. The second-order valence-corrected chi connectivity index (χ2v) is 3.65. The summed E-state index contributed by atoms with van der Waals surface area (Å²) in [5, 5.41) is 0. The van der Waals surface area contributed by atoms with Gasteiger partial charge in [-0.15, -0.1) is 5.46 Å². The van der Waals surface area contributed by atoms with E-state index in [4.69, 9.17) is 0 Å². The van der Waals surface area contributed by atoms with Crippen molar-refractivity contribution in [3.63, 3.8) is 0 Å². The molecule has 1 aromatic rings. The summed E-state index contributed by atoms with van der Waals surface area (Å²) in [6.07, 6.45) is 0. The molecule has 1 aliphatic rings. The standard InChI is InChI=1S/C9H8BF3NO.K/c1-14-5-6-2-3-7(10(11,12)13)4-8(6)9(14)15;/h2-4H,5H2,1H3;/q-1;+1. The van der Waals surface area contributed by atoms with Crippen LogP contribution in [-0.2, 0) is 6.54 Å². The topological polar surface area (TPSA) is 20.3 Å². The van der Waals surface area contributed by atoms with Gasteiger partial charge in [0.05, 0.1) is 0 Å². The minimum atomic E-state index is -5.03. The number of fused-ring (bicyclic) bond motifs is 1. The predicted octanol–water partition coefficient (Wildman–Crippen LogP) is -1.67. The van der Waals surface area contributed by atoms with Crippen molar-refractivity contribution in [1.82, 2.24) is 4.90 Å². The maximum absolute atomic E-state index is 12.4. The Balaban J connectivity index is 0.00000128. The Morgan fingerprint density at radius 1 is 1.31 bits per heavy atom. The van der Waals surface area contributed by atoms with E-state index < -0.39 is 12.4 Å². The summed E-state index contributed by atoms with van der Waals surface area (Å²) in [6.45, 7) is -4.64. The average molecular weight is 253 g/mol. The van der Waals surface area contributed by atoms with Crippen molar-refractivity contribution in [2.45, 2.75) is 6.54 Å². The predicted molar refractivity (Wildman–Crippen MR) is 51.0 cm³/mol. The molecule has 16 heavy (non-hydrogen) atoms. The van der Waals surface area contributed by atoms with Crippen LogP contribution in [0.2, 0.25) is 0 Å². The van der Waals surface area contributed by atoms with E-state index in [-0.39, 0.29) is 62.9 Å².